The van der Waals surface area contributed by atoms with Gasteiger partial charge in [-0.05, 0) is 48.9 Å². The molecule has 0 fully saturated rings. The topological polar surface area (TPSA) is 59.3 Å². The van der Waals surface area contributed by atoms with Crippen LogP contribution in [0.4, 0.5) is 0 Å². The van der Waals surface area contributed by atoms with E-state index in [4.69, 9.17) is 34.8 Å². The summed E-state index contributed by atoms with van der Waals surface area (Å²) >= 11 is 18.1. The maximum absolute atomic E-state index is 12.1. The second kappa shape index (κ2) is 8.57. The summed E-state index contributed by atoms with van der Waals surface area (Å²) in [5.41, 5.74) is 5.28. The van der Waals surface area contributed by atoms with E-state index in [0.717, 1.165) is 5.56 Å². The van der Waals surface area contributed by atoms with Gasteiger partial charge >= 0.3 is 0 Å². The summed E-state index contributed by atoms with van der Waals surface area (Å²) in [5.74, 6) is -0.342. The fraction of sp³-hybridized carbons (Fsp3) is 0.105. The maximum Gasteiger partial charge on any atom is 0.271 e. The molecule has 0 spiro atoms. The third-order valence-electron chi connectivity index (χ3n) is 3.82. The van der Waals surface area contributed by atoms with Crippen molar-refractivity contribution in [3.63, 3.8) is 0 Å². The number of hydrogen-bond donors (Lipinski definition) is 1. The molecule has 1 aromatic heterocycles. The molecule has 0 saturated heterocycles. The number of benzene rings is 2. The third kappa shape index (κ3) is 4.89. The summed E-state index contributed by atoms with van der Waals surface area (Å²) in [6.07, 6.45) is 1.48. The first-order valence-electron chi connectivity index (χ1n) is 8.00. The Labute approximate surface area is 171 Å². The zero-order chi connectivity index (χ0) is 19.4. The number of carbonyl (C=O) groups excluding carboxylic acids is 1. The highest BCUT2D eigenvalue weighted by atomic mass is 35.5. The largest absolute Gasteiger partial charge is 0.271 e. The lowest BCUT2D eigenvalue weighted by Gasteiger charge is -2.03. The fourth-order valence-corrected chi connectivity index (χ4v) is 2.94. The van der Waals surface area contributed by atoms with E-state index in [-0.39, 0.29) is 5.91 Å². The fourth-order valence-electron chi connectivity index (χ4n) is 2.40. The molecule has 0 aliphatic carbocycles. The van der Waals surface area contributed by atoms with Gasteiger partial charge < -0.3 is 0 Å². The monoisotopic (exact) mass is 420 g/mol. The Bertz CT molecular complexity index is 979. The van der Waals surface area contributed by atoms with Gasteiger partial charge in [0.05, 0.1) is 24.0 Å². The van der Waals surface area contributed by atoms with Crippen molar-refractivity contribution >= 4 is 46.9 Å². The van der Waals surface area contributed by atoms with Gasteiger partial charge in [0.2, 0.25) is 0 Å². The van der Waals surface area contributed by atoms with Gasteiger partial charge in [-0.3, -0.25) is 4.79 Å². The molecule has 0 atom stereocenters. The molecule has 1 amide bonds. The summed E-state index contributed by atoms with van der Waals surface area (Å²) in [4.78, 5) is 12.1. The van der Waals surface area contributed by atoms with E-state index in [0.29, 0.717) is 38.6 Å². The van der Waals surface area contributed by atoms with Gasteiger partial charge in [-0.25, -0.2) is 10.1 Å². The molecule has 0 radical (unpaired) electrons. The minimum absolute atomic E-state index is 0.342. The average Bonchev–Trinajstić information content (AvgIpc) is 2.91. The van der Waals surface area contributed by atoms with Gasteiger partial charge in [-0.1, -0.05) is 46.9 Å². The summed E-state index contributed by atoms with van der Waals surface area (Å²) in [6, 6.07) is 14.0. The molecule has 0 bridgehead atoms. The molecule has 3 rings (SSSR count). The number of aryl methyl sites for hydroxylation is 1. The van der Waals surface area contributed by atoms with Crippen LogP contribution < -0.4 is 5.43 Å². The number of nitrogens with one attached hydrogen (secondary N) is 1. The summed E-state index contributed by atoms with van der Waals surface area (Å²) in [6.45, 7) is 2.33. The number of hydrazone groups is 1. The molecule has 0 saturated carbocycles. The zero-order valence-corrected chi connectivity index (χ0v) is 16.6. The van der Waals surface area contributed by atoms with E-state index in [1.165, 1.54) is 6.21 Å². The van der Waals surface area contributed by atoms with Crippen LogP contribution in [0.2, 0.25) is 15.2 Å². The Morgan fingerprint density at radius 1 is 1.07 bits per heavy atom. The third-order valence-corrected chi connectivity index (χ3v) is 4.72. The number of amides is 1. The van der Waals surface area contributed by atoms with E-state index >= 15 is 0 Å². The van der Waals surface area contributed by atoms with Crippen molar-refractivity contribution in [2.75, 3.05) is 0 Å². The maximum atomic E-state index is 12.1. The SMILES string of the molecule is Cc1nn(Cc2ccc(Cl)cc2)c(Cl)c1C=NNC(=O)c1ccc(Cl)cc1. The van der Waals surface area contributed by atoms with Gasteiger partial charge in [0.25, 0.3) is 5.91 Å². The molecule has 138 valence electrons. The number of aromatic nitrogens is 2. The van der Waals surface area contributed by atoms with Crippen molar-refractivity contribution in [3.8, 4) is 0 Å². The molecule has 1 N–H and O–H groups in total. The average molecular weight is 422 g/mol. The van der Waals surface area contributed by atoms with Crippen molar-refractivity contribution < 1.29 is 4.79 Å². The van der Waals surface area contributed by atoms with Crippen LogP contribution in [0.1, 0.15) is 27.2 Å². The lowest BCUT2D eigenvalue weighted by molar-refractivity contribution is 0.0955. The predicted octanol–water partition coefficient (Wildman–Crippen LogP) is 4.96. The highest BCUT2D eigenvalue weighted by Gasteiger charge is 2.12. The lowest BCUT2D eigenvalue weighted by atomic mass is 10.2. The van der Waals surface area contributed by atoms with Gasteiger partial charge in [-0.15, -0.1) is 0 Å². The van der Waals surface area contributed by atoms with E-state index in [1.807, 2.05) is 31.2 Å². The van der Waals surface area contributed by atoms with Gasteiger partial charge in [0, 0.05) is 15.6 Å². The summed E-state index contributed by atoms with van der Waals surface area (Å²) < 4.78 is 1.67. The molecule has 0 aliphatic rings. The molecule has 8 heteroatoms. The second-order valence-corrected chi connectivity index (χ2v) is 7.01. The molecule has 2 aromatic carbocycles. The van der Waals surface area contributed by atoms with Crippen molar-refractivity contribution in [2.24, 2.45) is 5.10 Å². The molecule has 27 heavy (non-hydrogen) atoms. The van der Waals surface area contributed by atoms with E-state index < -0.39 is 0 Å². The quantitative estimate of drug-likeness (QED) is 0.467. The van der Waals surface area contributed by atoms with Gasteiger partial charge in [-0.2, -0.15) is 10.2 Å². The van der Waals surface area contributed by atoms with Crippen LogP contribution in [-0.2, 0) is 6.54 Å². The van der Waals surface area contributed by atoms with Gasteiger partial charge in [0.1, 0.15) is 5.15 Å². The van der Waals surface area contributed by atoms with Crippen LogP contribution in [0.15, 0.2) is 53.6 Å². The van der Waals surface area contributed by atoms with Crippen LogP contribution >= 0.6 is 34.8 Å². The normalized spacial score (nSPS) is 11.1. The number of halogens is 3. The highest BCUT2D eigenvalue weighted by Crippen LogP contribution is 2.20. The second-order valence-electron chi connectivity index (χ2n) is 5.78. The van der Waals surface area contributed by atoms with Crippen molar-refractivity contribution in [1.82, 2.24) is 15.2 Å². The molecular weight excluding hydrogens is 407 g/mol. The first-order chi connectivity index (χ1) is 12.9. The van der Waals surface area contributed by atoms with E-state index in [9.17, 15) is 4.79 Å². The smallest absolute Gasteiger partial charge is 0.267 e. The zero-order valence-electron chi connectivity index (χ0n) is 14.3. The highest BCUT2D eigenvalue weighted by molar-refractivity contribution is 6.32. The molecule has 3 aromatic rings. The van der Waals surface area contributed by atoms with Crippen LogP contribution in [0.25, 0.3) is 0 Å². The lowest BCUT2D eigenvalue weighted by Crippen LogP contribution is -2.17. The molecular formula is C19H15Cl3N4O. The summed E-state index contributed by atoms with van der Waals surface area (Å²) in [7, 11) is 0. The van der Waals surface area contributed by atoms with Crippen molar-refractivity contribution in [2.45, 2.75) is 13.5 Å². The van der Waals surface area contributed by atoms with Crippen LogP contribution in [0.5, 0.6) is 0 Å². The predicted molar refractivity (Wildman–Crippen MR) is 109 cm³/mol. The minimum Gasteiger partial charge on any atom is -0.267 e. The van der Waals surface area contributed by atoms with Crippen LogP contribution in [-0.4, -0.2) is 21.9 Å². The Morgan fingerprint density at radius 3 is 2.30 bits per heavy atom. The summed E-state index contributed by atoms with van der Waals surface area (Å²) in [5, 5.41) is 10.1. The Morgan fingerprint density at radius 2 is 1.67 bits per heavy atom. The van der Waals surface area contributed by atoms with E-state index in [1.54, 1.807) is 28.9 Å². The molecule has 1 heterocycles. The minimum atomic E-state index is -0.342. The number of carbonyl (C=O) groups is 1. The van der Waals surface area contributed by atoms with Crippen molar-refractivity contribution in [3.05, 3.63) is 86.1 Å². The van der Waals surface area contributed by atoms with E-state index in [2.05, 4.69) is 15.6 Å². The first-order valence-corrected chi connectivity index (χ1v) is 9.14. The molecule has 0 aliphatic heterocycles. The number of hydrogen-bond acceptors (Lipinski definition) is 3. The van der Waals surface area contributed by atoms with Crippen molar-refractivity contribution in [1.29, 1.82) is 0 Å². The number of nitrogens with zero attached hydrogens (tertiary/aromatic N) is 3. The molecule has 5 nitrogen and oxygen atoms in total. The Balaban J connectivity index is 1.70. The standard InChI is InChI=1S/C19H15Cl3N4O/c1-12-17(10-23-24-19(27)14-4-8-16(21)9-5-14)18(22)26(25-12)11-13-2-6-15(20)7-3-13/h2-10H,11H2,1H3,(H,24,27). The van der Waals surface area contributed by atoms with Gasteiger partial charge in [0.15, 0.2) is 0 Å². The number of rotatable bonds is 5. The Hall–Kier alpha value is -2.34. The first kappa shape index (κ1) is 19.4. The van der Waals surface area contributed by atoms with Crippen LogP contribution in [0, 0.1) is 6.92 Å². The molecule has 0 unspecified atom stereocenters. The Kier molecular flexibility index (Phi) is 6.16. The van der Waals surface area contributed by atoms with Crippen LogP contribution in [0.3, 0.4) is 0 Å².